The van der Waals surface area contributed by atoms with Gasteiger partial charge < -0.3 is 15.1 Å². The Morgan fingerprint density at radius 1 is 0.964 bits per heavy atom. The number of benzene rings is 1. The van der Waals surface area contributed by atoms with Crippen molar-refractivity contribution in [3.05, 3.63) is 72.3 Å². The van der Waals surface area contributed by atoms with Crippen LogP contribution in [0.1, 0.15) is 15.9 Å². The minimum atomic E-state index is -0.156. The first-order chi connectivity index (χ1) is 13.7. The minimum absolute atomic E-state index is 0.156. The Morgan fingerprint density at radius 3 is 2.46 bits per heavy atom. The van der Waals surface area contributed by atoms with Crippen molar-refractivity contribution in [3.63, 3.8) is 0 Å². The second-order valence-corrected chi connectivity index (χ2v) is 6.78. The molecule has 1 aliphatic rings. The average molecular weight is 374 g/mol. The van der Waals surface area contributed by atoms with Gasteiger partial charge in [-0.05, 0) is 36.8 Å². The molecule has 7 heteroatoms. The third-order valence-corrected chi connectivity index (χ3v) is 4.74. The average Bonchev–Trinajstić information content (AvgIpc) is 2.75. The van der Waals surface area contributed by atoms with E-state index in [-0.39, 0.29) is 5.91 Å². The Hall–Kier alpha value is -3.48. The number of piperazine rings is 1. The number of hydrogen-bond donors (Lipinski definition) is 1. The zero-order chi connectivity index (χ0) is 19.3. The van der Waals surface area contributed by atoms with Gasteiger partial charge in [-0.1, -0.05) is 12.1 Å². The monoisotopic (exact) mass is 374 g/mol. The van der Waals surface area contributed by atoms with Crippen molar-refractivity contribution < 1.29 is 4.79 Å². The Balaban J connectivity index is 1.42. The zero-order valence-corrected chi connectivity index (χ0v) is 15.7. The van der Waals surface area contributed by atoms with Gasteiger partial charge in [-0.25, -0.2) is 9.97 Å². The molecule has 1 saturated heterocycles. The molecular weight excluding hydrogens is 352 g/mol. The maximum atomic E-state index is 12.6. The summed E-state index contributed by atoms with van der Waals surface area (Å²) in [6.45, 7) is 5.29. The van der Waals surface area contributed by atoms with Gasteiger partial charge in [0, 0.05) is 50.5 Å². The number of carbonyl (C=O) groups excluding carboxylic acids is 1. The van der Waals surface area contributed by atoms with Crippen molar-refractivity contribution in [1.82, 2.24) is 15.0 Å². The number of carbonyl (C=O) groups is 1. The molecule has 0 saturated carbocycles. The fraction of sp³-hybridized carbons (Fsp3) is 0.238. The highest BCUT2D eigenvalue weighted by Gasteiger charge is 2.20. The third-order valence-electron chi connectivity index (χ3n) is 4.74. The number of nitrogens with zero attached hydrogens (tertiary/aromatic N) is 5. The second kappa shape index (κ2) is 8.04. The van der Waals surface area contributed by atoms with Gasteiger partial charge in [-0.2, -0.15) is 0 Å². The molecule has 0 aliphatic carbocycles. The van der Waals surface area contributed by atoms with Crippen LogP contribution in [0, 0.1) is 6.92 Å². The van der Waals surface area contributed by atoms with Gasteiger partial charge in [0.05, 0.1) is 17.4 Å². The zero-order valence-electron chi connectivity index (χ0n) is 15.7. The van der Waals surface area contributed by atoms with Crippen LogP contribution < -0.4 is 15.1 Å². The lowest BCUT2D eigenvalue weighted by Crippen LogP contribution is -2.47. The minimum Gasteiger partial charge on any atom is -0.367 e. The molecule has 3 heterocycles. The van der Waals surface area contributed by atoms with Crippen LogP contribution in [0.5, 0.6) is 0 Å². The Labute approximate surface area is 164 Å². The molecule has 0 spiro atoms. The molecule has 3 aromatic rings. The predicted molar refractivity (Wildman–Crippen MR) is 110 cm³/mol. The molecule has 1 N–H and O–H groups in total. The van der Waals surface area contributed by atoms with E-state index < -0.39 is 0 Å². The highest BCUT2D eigenvalue weighted by atomic mass is 16.1. The molecule has 1 aliphatic heterocycles. The van der Waals surface area contributed by atoms with Crippen LogP contribution in [0.4, 0.5) is 17.3 Å². The van der Waals surface area contributed by atoms with Gasteiger partial charge in [0.1, 0.15) is 0 Å². The molecule has 1 aromatic carbocycles. The van der Waals surface area contributed by atoms with Gasteiger partial charge in [0.25, 0.3) is 5.91 Å². The number of pyridine rings is 1. The van der Waals surface area contributed by atoms with E-state index in [1.165, 1.54) is 0 Å². The number of amides is 1. The van der Waals surface area contributed by atoms with Crippen molar-refractivity contribution in [2.24, 2.45) is 0 Å². The third kappa shape index (κ3) is 4.09. The standard InChI is InChI=1S/C21H22N6O/c1-16-4-2-5-18(12-16)25-20(28)17-13-19(15-22-14-17)26-8-10-27(11-9-26)21-23-6-3-7-24-21/h2-7,12-15H,8-11H2,1H3,(H,25,28). The molecule has 0 radical (unpaired) electrons. The van der Waals surface area contributed by atoms with E-state index in [0.717, 1.165) is 49.1 Å². The number of anilines is 3. The first kappa shape index (κ1) is 17.9. The number of nitrogens with one attached hydrogen (secondary N) is 1. The van der Waals surface area contributed by atoms with Crippen LogP contribution in [-0.2, 0) is 0 Å². The summed E-state index contributed by atoms with van der Waals surface area (Å²) >= 11 is 0. The summed E-state index contributed by atoms with van der Waals surface area (Å²) in [5.41, 5.74) is 3.38. The van der Waals surface area contributed by atoms with Crippen LogP contribution >= 0.6 is 0 Å². The van der Waals surface area contributed by atoms with Crippen molar-refractivity contribution in [2.75, 3.05) is 41.3 Å². The van der Waals surface area contributed by atoms with Gasteiger partial charge in [-0.3, -0.25) is 9.78 Å². The van der Waals surface area contributed by atoms with Gasteiger partial charge in [-0.15, -0.1) is 0 Å². The molecule has 0 bridgehead atoms. The van der Waals surface area contributed by atoms with Crippen LogP contribution in [0.2, 0.25) is 0 Å². The first-order valence-corrected chi connectivity index (χ1v) is 9.29. The summed E-state index contributed by atoms with van der Waals surface area (Å²) in [4.78, 5) is 29.9. The van der Waals surface area contributed by atoms with E-state index in [4.69, 9.17) is 0 Å². The predicted octanol–water partition coefficient (Wildman–Crippen LogP) is 2.76. The van der Waals surface area contributed by atoms with Crippen molar-refractivity contribution >= 4 is 23.2 Å². The summed E-state index contributed by atoms with van der Waals surface area (Å²) in [5, 5.41) is 2.94. The maximum Gasteiger partial charge on any atom is 0.257 e. The summed E-state index contributed by atoms with van der Waals surface area (Å²) < 4.78 is 0. The van der Waals surface area contributed by atoms with E-state index in [1.54, 1.807) is 24.8 Å². The highest BCUT2D eigenvalue weighted by molar-refractivity contribution is 6.04. The number of rotatable bonds is 4. The van der Waals surface area contributed by atoms with Gasteiger partial charge in [0.2, 0.25) is 5.95 Å². The molecule has 0 atom stereocenters. The maximum absolute atomic E-state index is 12.6. The fourth-order valence-electron chi connectivity index (χ4n) is 3.27. The fourth-order valence-corrected chi connectivity index (χ4v) is 3.27. The molecule has 28 heavy (non-hydrogen) atoms. The van der Waals surface area contributed by atoms with Crippen LogP contribution in [0.25, 0.3) is 0 Å². The number of aromatic nitrogens is 3. The van der Waals surface area contributed by atoms with Crippen LogP contribution in [-0.4, -0.2) is 47.0 Å². The van der Waals surface area contributed by atoms with E-state index in [1.807, 2.05) is 43.3 Å². The first-order valence-electron chi connectivity index (χ1n) is 9.29. The van der Waals surface area contributed by atoms with Crippen molar-refractivity contribution in [3.8, 4) is 0 Å². The molecule has 0 unspecified atom stereocenters. The topological polar surface area (TPSA) is 74.2 Å². The summed E-state index contributed by atoms with van der Waals surface area (Å²) in [6, 6.07) is 11.5. The summed E-state index contributed by atoms with van der Waals surface area (Å²) in [6.07, 6.45) is 6.92. The molecule has 142 valence electrons. The quantitative estimate of drug-likeness (QED) is 0.757. The van der Waals surface area contributed by atoms with Crippen LogP contribution in [0.15, 0.2) is 61.2 Å². The molecule has 4 rings (SSSR count). The van der Waals surface area contributed by atoms with Crippen molar-refractivity contribution in [2.45, 2.75) is 6.92 Å². The van der Waals surface area contributed by atoms with Crippen molar-refractivity contribution in [1.29, 1.82) is 0 Å². The lowest BCUT2D eigenvalue weighted by Gasteiger charge is -2.35. The Bertz CT molecular complexity index is 954. The SMILES string of the molecule is Cc1cccc(NC(=O)c2cncc(N3CCN(c4ncccn4)CC3)c2)c1. The number of aryl methyl sites for hydroxylation is 1. The Kier molecular flexibility index (Phi) is 5.14. The highest BCUT2D eigenvalue weighted by Crippen LogP contribution is 2.19. The van der Waals surface area contributed by atoms with Gasteiger partial charge >= 0.3 is 0 Å². The van der Waals surface area contributed by atoms with E-state index >= 15 is 0 Å². The smallest absolute Gasteiger partial charge is 0.257 e. The van der Waals surface area contributed by atoms with E-state index in [2.05, 4.69) is 30.1 Å². The molecule has 7 nitrogen and oxygen atoms in total. The Morgan fingerprint density at radius 2 is 1.71 bits per heavy atom. The van der Waals surface area contributed by atoms with Gasteiger partial charge in [0.15, 0.2) is 0 Å². The van der Waals surface area contributed by atoms with Crippen LogP contribution in [0.3, 0.4) is 0 Å². The summed E-state index contributed by atoms with van der Waals surface area (Å²) in [7, 11) is 0. The molecule has 1 fully saturated rings. The lowest BCUT2D eigenvalue weighted by molar-refractivity contribution is 0.102. The largest absolute Gasteiger partial charge is 0.367 e. The lowest BCUT2D eigenvalue weighted by atomic mass is 10.2. The molecule has 1 amide bonds. The second-order valence-electron chi connectivity index (χ2n) is 6.78. The number of hydrogen-bond acceptors (Lipinski definition) is 6. The molecule has 2 aromatic heterocycles. The molecular formula is C21H22N6O. The van der Waals surface area contributed by atoms with E-state index in [9.17, 15) is 4.79 Å². The van der Waals surface area contributed by atoms with E-state index in [0.29, 0.717) is 5.56 Å². The normalized spacial score (nSPS) is 14.0. The summed E-state index contributed by atoms with van der Waals surface area (Å²) in [5.74, 6) is 0.600.